The first kappa shape index (κ1) is 13.7. The van der Waals surface area contributed by atoms with Gasteiger partial charge in [-0.1, -0.05) is 19.9 Å². The highest BCUT2D eigenvalue weighted by atomic mass is 16.7. The molecule has 0 bridgehead atoms. The van der Waals surface area contributed by atoms with Crippen molar-refractivity contribution in [2.75, 3.05) is 19.9 Å². The zero-order valence-corrected chi connectivity index (χ0v) is 12.6. The molecule has 110 valence electrons. The SMILES string of the molecule is CCCNCC1CC1(C)CCc1ccc2c(c1)OCO2. The fourth-order valence-corrected chi connectivity index (χ4v) is 3.11. The van der Waals surface area contributed by atoms with Crippen molar-refractivity contribution in [1.29, 1.82) is 0 Å². The van der Waals surface area contributed by atoms with Crippen LogP contribution in [0, 0.1) is 11.3 Å². The van der Waals surface area contributed by atoms with Gasteiger partial charge in [-0.15, -0.1) is 0 Å². The van der Waals surface area contributed by atoms with E-state index in [2.05, 4.69) is 31.3 Å². The van der Waals surface area contributed by atoms with E-state index in [1.165, 1.54) is 31.4 Å². The van der Waals surface area contributed by atoms with Gasteiger partial charge in [-0.25, -0.2) is 0 Å². The number of hydrogen-bond donors (Lipinski definition) is 1. The Morgan fingerprint density at radius 1 is 1.30 bits per heavy atom. The Balaban J connectivity index is 1.48. The molecule has 1 fully saturated rings. The zero-order chi connectivity index (χ0) is 14.0. The lowest BCUT2D eigenvalue weighted by molar-refractivity contribution is 0.174. The quantitative estimate of drug-likeness (QED) is 0.774. The summed E-state index contributed by atoms with van der Waals surface area (Å²) in [5, 5.41) is 3.55. The third-order valence-electron chi connectivity index (χ3n) is 4.78. The third-order valence-corrected chi connectivity index (χ3v) is 4.78. The summed E-state index contributed by atoms with van der Waals surface area (Å²) < 4.78 is 10.8. The zero-order valence-electron chi connectivity index (χ0n) is 12.6. The van der Waals surface area contributed by atoms with Gasteiger partial charge in [0.05, 0.1) is 0 Å². The minimum atomic E-state index is 0.363. The largest absolute Gasteiger partial charge is 0.454 e. The first-order valence-electron chi connectivity index (χ1n) is 7.80. The summed E-state index contributed by atoms with van der Waals surface area (Å²) in [6.07, 6.45) is 5.00. The molecule has 1 aliphatic carbocycles. The molecule has 1 N–H and O–H groups in total. The molecule has 0 saturated heterocycles. The van der Waals surface area contributed by atoms with Gasteiger partial charge < -0.3 is 14.8 Å². The summed E-state index contributed by atoms with van der Waals surface area (Å²) in [5.74, 6) is 2.65. The Bertz CT molecular complexity index is 474. The number of benzene rings is 1. The fourth-order valence-electron chi connectivity index (χ4n) is 3.11. The minimum absolute atomic E-state index is 0.363. The van der Waals surface area contributed by atoms with E-state index in [-0.39, 0.29) is 0 Å². The van der Waals surface area contributed by atoms with Crippen molar-refractivity contribution in [2.45, 2.75) is 39.5 Å². The van der Waals surface area contributed by atoms with Gasteiger partial charge in [0, 0.05) is 0 Å². The Kier molecular flexibility index (Phi) is 3.88. The van der Waals surface area contributed by atoms with Crippen LogP contribution in [0.25, 0.3) is 0 Å². The van der Waals surface area contributed by atoms with Crippen LogP contribution in [0.1, 0.15) is 38.7 Å². The highest BCUT2D eigenvalue weighted by Crippen LogP contribution is 2.55. The van der Waals surface area contributed by atoms with Crippen LogP contribution in [0.2, 0.25) is 0 Å². The second-order valence-electron chi connectivity index (χ2n) is 6.45. The first-order chi connectivity index (χ1) is 9.71. The number of fused-ring (bicyclic) bond motifs is 1. The molecular formula is C17H25NO2. The summed E-state index contributed by atoms with van der Waals surface area (Å²) in [5.41, 5.74) is 1.90. The summed E-state index contributed by atoms with van der Waals surface area (Å²) in [6.45, 7) is 7.35. The molecule has 3 rings (SSSR count). The molecule has 3 nitrogen and oxygen atoms in total. The molecule has 1 saturated carbocycles. The maximum absolute atomic E-state index is 5.44. The highest BCUT2D eigenvalue weighted by Gasteiger charge is 2.48. The molecular weight excluding hydrogens is 250 g/mol. The molecule has 20 heavy (non-hydrogen) atoms. The van der Waals surface area contributed by atoms with Crippen molar-refractivity contribution >= 4 is 0 Å². The average molecular weight is 275 g/mol. The van der Waals surface area contributed by atoms with Crippen LogP contribution in [0.15, 0.2) is 18.2 Å². The highest BCUT2D eigenvalue weighted by molar-refractivity contribution is 5.44. The molecule has 2 atom stereocenters. The monoisotopic (exact) mass is 275 g/mol. The lowest BCUT2D eigenvalue weighted by atomic mass is 9.96. The second-order valence-corrected chi connectivity index (χ2v) is 6.45. The molecule has 0 aromatic heterocycles. The molecule has 3 heteroatoms. The van der Waals surface area contributed by atoms with Gasteiger partial charge in [0.1, 0.15) is 0 Å². The van der Waals surface area contributed by atoms with Gasteiger partial charge >= 0.3 is 0 Å². The molecule has 2 aliphatic rings. The second kappa shape index (κ2) is 5.65. The van der Waals surface area contributed by atoms with E-state index in [0.29, 0.717) is 12.2 Å². The van der Waals surface area contributed by atoms with Gasteiger partial charge in [0.15, 0.2) is 11.5 Å². The van der Waals surface area contributed by atoms with Crippen molar-refractivity contribution in [3.05, 3.63) is 23.8 Å². The van der Waals surface area contributed by atoms with E-state index in [1.54, 1.807) is 0 Å². The normalized spacial score (nSPS) is 26.8. The van der Waals surface area contributed by atoms with Crippen LogP contribution in [0.3, 0.4) is 0 Å². The van der Waals surface area contributed by atoms with Gasteiger partial charge in [0.2, 0.25) is 6.79 Å². The van der Waals surface area contributed by atoms with Gasteiger partial charge in [-0.2, -0.15) is 0 Å². The Labute approximate surface area is 121 Å². The molecule has 0 spiro atoms. The molecule has 1 aromatic carbocycles. The minimum Gasteiger partial charge on any atom is -0.454 e. The number of nitrogens with one attached hydrogen (secondary N) is 1. The van der Waals surface area contributed by atoms with Crippen LogP contribution >= 0.6 is 0 Å². The van der Waals surface area contributed by atoms with Crippen molar-refractivity contribution in [2.24, 2.45) is 11.3 Å². The van der Waals surface area contributed by atoms with Gasteiger partial charge in [-0.3, -0.25) is 0 Å². The summed E-state index contributed by atoms with van der Waals surface area (Å²) in [6, 6.07) is 6.34. The molecule has 2 unspecified atom stereocenters. The van der Waals surface area contributed by atoms with Crippen LogP contribution < -0.4 is 14.8 Å². The number of hydrogen-bond acceptors (Lipinski definition) is 3. The van der Waals surface area contributed by atoms with E-state index >= 15 is 0 Å². The van der Waals surface area contributed by atoms with E-state index in [1.807, 2.05) is 6.07 Å². The number of rotatable bonds is 7. The smallest absolute Gasteiger partial charge is 0.231 e. The van der Waals surface area contributed by atoms with E-state index in [4.69, 9.17) is 9.47 Å². The van der Waals surface area contributed by atoms with Crippen molar-refractivity contribution in [3.63, 3.8) is 0 Å². The third kappa shape index (κ3) is 2.93. The lowest BCUT2D eigenvalue weighted by Crippen LogP contribution is -2.19. The predicted octanol–water partition coefficient (Wildman–Crippen LogP) is 3.37. The van der Waals surface area contributed by atoms with Crippen LogP contribution in [-0.2, 0) is 6.42 Å². The van der Waals surface area contributed by atoms with Crippen molar-refractivity contribution in [1.82, 2.24) is 5.32 Å². The Morgan fingerprint density at radius 3 is 3.00 bits per heavy atom. The molecule has 0 amide bonds. The van der Waals surface area contributed by atoms with E-state index < -0.39 is 0 Å². The van der Waals surface area contributed by atoms with Crippen LogP contribution in [0.4, 0.5) is 0 Å². The lowest BCUT2D eigenvalue weighted by Gasteiger charge is -2.12. The summed E-state index contributed by atoms with van der Waals surface area (Å²) in [4.78, 5) is 0. The van der Waals surface area contributed by atoms with E-state index in [0.717, 1.165) is 30.4 Å². The predicted molar refractivity (Wildman–Crippen MR) is 80.3 cm³/mol. The standard InChI is InChI=1S/C17H25NO2/c1-3-8-18-11-14-10-17(14,2)7-6-13-4-5-15-16(9-13)20-12-19-15/h4-5,9,14,18H,3,6-8,10-12H2,1-2H3. The summed E-state index contributed by atoms with van der Waals surface area (Å²) >= 11 is 0. The average Bonchev–Trinajstić information content (AvgIpc) is 2.88. The molecule has 1 aromatic rings. The summed E-state index contributed by atoms with van der Waals surface area (Å²) in [7, 11) is 0. The molecule has 1 aliphatic heterocycles. The Morgan fingerprint density at radius 2 is 2.15 bits per heavy atom. The van der Waals surface area contributed by atoms with Crippen molar-refractivity contribution < 1.29 is 9.47 Å². The number of ether oxygens (including phenoxy) is 2. The van der Waals surface area contributed by atoms with Crippen LogP contribution in [-0.4, -0.2) is 19.9 Å². The van der Waals surface area contributed by atoms with E-state index in [9.17, 15) is 0 Å². The fraction of sp³-hybridized carbons (Fsp3) is 0.647. The Hall–Kier alpha value is -1.22. The van der Waals surface area contributed by atoms with Crippen LogP contribution in [0.5, 0.6) is 11.5 Å². The molecule has 0 radical (unpaired) electrons. The first-order valence-corrected chi connectivity index (χ1v) is 7.80. The van der Waals surface area contributed by atoms with Crippen molar-refractivity contribution in [3.8, 4) is 11.5 Å². The van der Waals surface area contributed by atoms with Gasteiger partial charge in [-0.05, 0) is 67.8 Å². The molecule has 1 heterocycles. The maximum atomic E-state index is 5.44. The van der Waals surface area contributed by atoms with Gasteiger partial charge in [0.25, 0.3) is 0 Å². The topological polar surface area (TPSA) is 30.5 Å². The maximum Gasteiger partial charge on any atom is 0.231 e. The number of aryl methyl sites for hydroxylation is 1.